The molecule has 1 aliphatic heterocycles. The third-order valence-corrected chi connectivity index (χ3v) is 0.936. The summed E-state index contributed by atoms with van der Waals surface area (Å²) in [7, 11) is 0. The first-order chi connectivity index (χ1) is 4.43. The molecule has 45 valence electrons. The SMILES string of the molecule is O=[C]C1=CNC=CC=C1. The van der Waals surface area contributed by atoms with E-state index >= 15 is 0 Å². The molecular formula is C7H6NO. The Morgan fingerprint density at radius 2 is 2.33 bits per heavy atom. The Balaban J connectivity index is 2.74. The van der Waals surface area contributed by atoms with Crippen LogP contribution in [0.15, 0.2) is 36.2 Å². The maximum Gasteiger partial charge on any atom is 0.235 e. The molecule has 1 heterocycles. The molecule has 1 N–H and O–H groups in total. The van der Waals surface area contributed by atoms with E-state index in [0.717, 1.165) is 0 Å². The zero-order chi connectivity index (χ0) is 6.53. The summed E-state index contributed by atoms with van der Waals surface area (Å²) in [5, 5.41) is 2.78. The first-order valence-corrected chi connectivity index (χ1v) is 2.61. The summed E-state index contributed by atoms with van der Waals surface area (Å²) in [6.45, 7) is 0. The number of rotatable bonds is 1. The standard InChI is InChI=1S/C7H6NO/c9-6-7-3-1-2-4-8-5-7/h1-5,8H. The zero-order valence-corrected chi connectivity index (χ0v) is 4.79. The van der Waals surface area contributed by atoms with Gasteiger partial charge in [-0.1, -0.05) is 6.08 Å². The van der Waals surface area contributed by atoms with Gasteiger partial charge in [-0.15, -0.1) is 0 Å². The normalized spacial score (nSPS) is 15.8. The fraction of sp³-hybridized carbons (Fsp3) is 0. The van der Waals surface area contributed by atoms with E-state index in [-0.39, 0.29) is 0 Å². The maximum absolute atomic E-state index is 10.0. The van der Waals surface area contributed by atoms with Crippen LogP contribution in [0.25, 0.3) is 0 Å². The van der Waals surface area contributed by atoms with Crippen LogP contribution in [-0.2, 0) is 4.79 Å². The average Bonchev–Trinajstić information content (AvgIpc) is 2.13. The Bertz CT molecular complexity index is 189. The Hall–Kier alpha value is -1.31. The van der Waals surface area contributed by atoms with Crippen molar-refractivity contribution in [3.05, 3.63) is 36.2 Å². The number of hydrogen-bond acceptors (Lipinski definition) is 2. The van der Waals surface area contributed by atoms with Gasteiger partial charge >= 0.3 is 0 Å². The molecule has 1 rings (SSSR count). The van der Waals surface area contributed by atoms with E-state index in [1.54, 1.807) is 36.9 Å². The van der Waals surface area contributed by atoms with Crippen LogP contribution < -0.4 is 5.32 Å². The first kappa shape index (κ1) is 5.82. The van der Waals surface area contributed by atoms with E-state index in [1.807, 2.05) is 0 Å². The van der Waals surface area contributed by atoms with Crippen LogP contribution in [0.2, 0.25) is 0 Å². The highest BCUT2D eigenvalue weighted by Gasteiger charge is 1.88. The van der Waals surface area contributed by atoms with E-state index in [4.69, 9.17) is 0 Å². The van der Waals surface area contributed by atoms with E-state index in [1.165, 1.54) is 0 Å². The van der Waals surface area contributed by atoms with Crippen LogP contribution in [-0.4, -0.2) is 6.29 Å². The predicted octanol–water partition coefficient (Wildman–Crippen LogP) is 0.653. The van der Waals surface area contributed by atoms with Gasteiger partial charge in [0.2, 0.25) is 6.29 Å². The Kier molecular flexibility index (Phi) is 1.85. The molecule has 2 heteroatoms. The summed E-state index contributed by atoms with van der Waals surface area (Å²) in [6, 6.07) is 0. The second kappa shape index (κ2) is 2.87. The quantitative estimate of drug-likeness (QED) is 0.550. The van der Waals surface area contributed by atoms with Crippen molar-refractivity contribution in [2.24, 2.45) is 0 Å². The lowest BCUT2D eigenvalue weighted by molar-refractivity contribution is 0.562. The molecule has 0 aliphatic carbocycles. The molecule has 0 aromatic carbocycles. The largest absolute Gasteiger partial charge is 0.367 e. The van der Waals surface area contributed by atoms with Crippen LogP contribution in [0.5, 0.6) is 0 Å². The van der Waals surface area contributed by atoms with Gasteiger partial charge in [-0.05, 0) is 12.2 Å². The summed E-state index contributed by atoms with van der Waals surface area (Å²) >= 11 is 0. The van der Waals surface area contributed by atoms with E-state index < -0.39 is 0 Å². The molecule has 0 saturated carbocycles. The smallest absolute Gasteiger partial charge is 0.235 e. The Morgan fingerprint density at radius 3 is 3.11 bits per heavy atom. The minimum Gasteiger partial charge on any atom is -0.367 e. The van der Waals surface area contributed by atoms with Gasteiger partial charge in [0, 0.05) is 18.0 Å². The van der Waals surface area contributed by atoms with Crippen molar-refractivity contribution in [3.63, 3.8) is 0 Å². The van der Waals surface area contributed by atoms with Crippen molar-refractivity contribution in [2.75, 3.05) is 0 Å². The maximum atomic E-state index is 10.0. The van der Waals surface area contributed by atoms with E-state index in [9.17, 15) is 4.79 Å². The van der Waals surface area contributed by atoms with Crippen molar-refractivity contribution in [3.8, 4) is 0 Å². The second-order valence-corrected chi connectivity index (χ2v) is 1.59. The highest BCUT2D eigenvalue weighted by Crippen LogP contribution is 1.93. The van der Waals surface area contributed by atoms with E-state index in [2.05, 4.69) is 5.32 Å². The Labute approximate surface area is 53.6 Å². The lowest BCUT2D eigenvalue weighted by Crippen LogP contribution is -1.92. The lowest BCUT2D eigenvalue weighted by Gasteiger charge is -1.84. The molecule has 2 nitrogen and oxygen atoms in total. The van der Waals surface area contributed by atoms with Gasteiger partial charge in [-0.3, -0.25) is 4.79 Å². The second-order valence-electron chi connectivity index (χ2n) is 1.59. The number of carbonyl (C=O) groups excluding carboxylic acids is 1. The fourth-order valence-electron chi connectivity index (χ4n) is 0.520. The molecule has 1 aliphatic rings. The fourth-order valence-corrected chi connectivity index (χ4v) is 0.520. The molecule has 0 saturated heterocycles. The molecule has 0 aromatic heterocycles. The van der Waals surface area contributed by atoms with Gasteiger partial charge in [-0.2, -0.15) is 0 Å². The molecule has 0 amide bonds. The lowest BCUT2D eigenvalue weighted by atomic mass is 10.3. The minimum absolute atomic E-state index is 0.528. The monoisotopic (exact) mass is 120 g/mol. The van der Waals surface area contributed by atoms with Crippen LogP contribution in [0.3, 0.4) is 0 Å². The molecule has 0 fully saturated rings. The molecule has 0 atom stereocenters. The summed E-state index contributed by atoms with van der Waals surface area (Å²) in [6.07, 6.45) is 10.4. The number of allylic oxidation sites excluding steroid dienone is 4. The molecule has 0 bridgehead atoms. The molecule has 0 unspecified atom stereocenters. The predicted molar refractivity (Wildman–Crippen MR) is 35.2 cm³/mol. The summed E-state index contributed by atoms with van der Waals surface area (Å²) in [5.41, 5.74) is 0.528. The van der Waals surface area contributed by atoms with Crippen molar-refractivity contribution >= 4 is 6.29 Å². The van der Waals surface area contributed by atoms with Gasteiger partial charge in [0.05, 0.1) is 0 Å². The van der Waals surface area contributed by atoms with Crippen LogP contribution >= 0.6 is 0 Å². The average molecular weight is 120 g/mol. The number of hydrogen-bond donors (Lipinski definition) is 1. The highest BCUT2D eigenvalue weighted by atomic mass is 16.1. The Morgan fingerprint density at radius 1 is 1.44 bits per heavy atom. The van der Waals surface area contributed by atoms with Gasteiger partial charge in [0.25, 0.3) is 0 Å². The zero-order valence-electron chi connectivity index (χ0n) is 4.79. The summed E-state index contributed by atoms with van der Waals surface area (Å²) in [5.74, 6) is 0. The van der Waals surface area contributed by atoms with Crippen LogP contribution in [0, 0.1) is 0 Å². The van der Waals surface area contributed by atoms with Gasteiger partial charge in [0.15, 0.2) is 0 Å². The third-order valence-electron chi connectivity index (χ3n) is 0.936. The summed E-state index contributed by atoms with van der Waals surface area (Å²) < 4.78 is 0. The molecule has 1 radical (unpaired) electrons. The van der Waals surface area contributed by atoms with Gasteiger partial charge in [0.1, 0.15) is 0 Å². The van der Waals surface area contributed by atoms with Crippen molar-refractivity contribution in [1.82, 2.24) is 5.32 Å². The summed E-state index contributed by atoms with van der Waals surface area (Å²) in [4.78, 5) is 10.0. The molecule has 0 aromatic rings. The molecule has 0 spiro atoms. The van der Waals surface area contributed by atoms with E-state index in [0.29, 0.717) is 5.57 Å². The third kappa shape index (κ3) is 1.57. The van der Waals surface area contributed by atoms with Crippen LogP contribution in [0.1, 0.15) is 0 Å². The first-order valence-electron chi connectivity index (χ1n) is 2.61. The van der Waals surface area contributed by atoms with Crippen molar-refractivity contribution < 1.29 is 4.79 Å². The van der Waals surface area contributed by atoms with Crippen molar-refractivity contribution in [1.29, 1.82) is 0 Å². The van der Waals surface area contributed by atoms with Gasteiger partial charge < -0.3 is 5.32 Å². The number of nitrogens with one attached hydrogen (secondary N) is 1. The van der Waals surface area contributed by atoms with Crippen LogP contribution in [0.4, 0.5) is 0 Å². The van der Waals surface area contributed by atoms with Crippen molar-refractivity contribution in [2.45, 2.75) is 0 Å². The highest BCUT2D eigenvalue weighted by molar-refractivity contribution is 5.78. The topological polar surface area (TPSA) is 29.1 Å². The minimum atomic E-state index is 0.528. The molecule has 9 heavy (non-hydrogen) atoms. The molecular weight excluding hydrogens is 114 g/mol. The van der Waals surface area contributed by atoms with Gasteiger partial charge in [-0.25, -0.2) is 0 Å².